The molecule has 0 saturated carbocycles. The third-order valence-electron chi connectivity index (χ3n) is 5.39. The molecule has 7 nitrogen and oxygen atoms in total. The summed E-state index contributed by atoms with van der Waals surface area (Å²) < 4.78 is 18.7. The van der Waals surface area contributed by atoms with E-state index in [2.05, 4.69) is 0 Å². The number of benzene rings is 3. The number of hydrogen-bond donors (Lipinski definition) is 0. The fourth-order valence-corrected chi connectivity index (χ4v) is 3.85. The van der Waals surface area contributed by atoms with Crippen LogP contribution in [0.25, 0.3) is 10.8 Å². The van der Waals surface area contributed by atoms with Crippen molar-refractivity contribution in [2.45, 2.75) is 12.8 Å². The minimum absolute atomic E-state index is 0.129. The van der Waals surface area contributed by atoms with Crippen molar-refractivity contribution in [2.24, 2.45) is 5.92 Å². The number of rotatable bonds is 4. The molecule has 8 heteroatoms. The summed E-state index contributed by atoms with van der Waals surface area (Å²) in [7, 11) is 0. The highest BCUT2D eigenvalue weighted by Gasteiger charge is 2.32. The number of nitro benzene ring substituents is 1. The van der Waals surface area contributed by atoms with Crippen LogP contribution in [-0.4, -0.2) is 34.8 Å². The number of hydrogen-bond acceptors (Lipinski definition) is 5. The first kappa shape index (κ1) is 20.5. The molecule has 1 amide bonds. The quantitative estimate of drug-likeness (QED) is 0.270. The van der Waals surface area contributed by atoms with Crippen LogP contribution in [0.4, 0.5) is 10.1 Å². The van der Waals surface area contributed by atoms with Gasteiger partial charge in [-0.1, -0.05) is 36.4 Å². The Labute approximate surface area is 177 Å². The van der Waals surface area contributed by atoms with E-state index < -0.39 is 34.1 Å². The highest BCUT2D eigenvalue weighted by atomic mass is 19.1. The standard InChI is InChI=1S/C23H19FN2O5/c24-17-10-11-20(26(29)30)21(13-17)31-23(28)16-7-4-12-25(14-16)22(27)19-9-3-6-15-5-1-2-8-18(15)19/h1-3,5-6,8-11,13,16H,4,7,12,14H2. The number of nitro groups is 1. The van der Waals surface area contributed by atoms with Gasteiger partial charge in [-0.25, -0.2) is 4.39 Å². The number of amides is 1. The maximum Gasteiger partial charge on any atom is 0.316 e. The molecule has 3 aromatic rings. The minimum Gasteiger partial charge on any atom is -0.419 e. The van der Waals surface area contributed by atoms with Crippen molar-refractivity contribution in [2.75, 3.05) is 13.1 Å². The molecule has 1 heterocycles. The second kappa shape index (κ2) is 8.51. The van der Waals surface area contributed by atoms with Crippen molar-refractivity contribution in [3.8, 4) is 5.75 Å². The molecule has 0 aliphatic carbocycles. The van der Waals surface area contributed by atoms with Gasteiger partial charge in [0.2, 0.25) is 5.75 Å². The minimum atomic E-state index is -0.746. The zero-order valence-corrected chi connectivity index (χ0v) is 16.5. The topological polar surface area (TPSA) is 89.8 Å². The molecule has 1 fully saturated rings. The van der Waals surface area contributed by atoms with Crippen LogP contribution in [0.5, 0.6) is 5.75 Å². The molecular weight excluding hydrogens is 403 g/mol. The average molecular weight is 422 g/mol. The molecule has 158 valence electrons. The largest absolute Gasteiger partial charge is 0.419 e. The number of nitrogens with zero attached hydrogens (tertiary/aromatic N) is 2. The van der Waals surface area contributed by atoms with Gasteiger partial charge < -0.3 is 9.64 Å². The number of esters is 1. The Morgan fingerprint density at radius 2 is 1.87 bits per heavy atom. The number of ether oxygens (including phenoxy) is 1. The molecular formula is C23H19FN2O5. The van der Waals surface area contributed by atoms with Gasteiger partial charge in [0.1, 0.15) is 5.82 Å². The van der Waals surface area contributed by atoms with E-state index in [1.807, 2.05) is 36.4 Å². The van der Waals surface area contributed by atoms with Crippen LogP contribution in [0, 0.1) is 21.8 Å². The third-order valence-corrected chi connectivity index (χ3v) is 5.39. The van der Waals surface area contributed by atoms with Crippen LogP contribution in [0.3, 0.4) is 0 Å². The van der Waals surface area contributed by atoms with Crippen molar-refractivity contribution in [1.82, 2.24) is 4.90 Å². The van der Waals surface area contributed by atoms with E-state index >= 15 is 0 Å². The summed E-state index contributed by atoms with van der Waals surface area (Å²) >= 11 is 0. The number of carbonyl (C=O) groups is 2. The lowest BCUT2D eigenvalue weighted by Gasteiger charge is -2.31. The van der Waals surface area contributed by atoms with Crippen molar-refractivity contribution < 1.29 is 23.6 Å². The predicted molar refractivity (Wildman–Crippen MR) is 111 cm³/mol. The van der Waals surface area contributed by atoms with Gasteiger partial charge in [-0.2, -0.15) is 0 Å². The second-order valence-corrected chi connectivity index (χ2v) is 7.41. The second-order valence-electron chi connectivity index (χ2n) is 7.41. The fraction of sp³-hybridized carbons (Fsp3) is 0.217. The van der Waals surface area contributed by atoms with Gasteiger partial charge >= 0.3 is 11.7 Å². The molecule has 0 spiro atoms. The van der Waals surface area contributed by atoms with Gasteiger partial charge in [-0.05, 0) is 35.7 Å². The highest BCUT2D eigenvalue weighted by molar-refractivity contribution is 6.07. The molecule has 0 aromatic heterocycles. The zero-order chi connectivity index (χ0) is 22.0. The number of halogens is 1. The highest BCUT2D eigenvalue weighted by Crippen LogP contribution is 2.30. The summed E-state index contributed by atoms with van der Waals surface area (Å²) in [5, 5.41) is 12.9. The Bertz CT molecular complexity index is 1170. The third kappa shape index (κ3) is 4.23. The summed E-state index contributed by atoms with van der Waals surface area (Å²) in [5.41, 5.74) is 0.0575. The summed E-state index contributed by atoms with van der Waals surface area (Å²) in [6.45, 7) is 0.621. The molecule has 0 radical (unpaired) electrons. The predicted octanol–water partition coefficient (Wildman–Crippen LogP) is 4.34. The summed E-state index contributed by atoms with van der Waals surface area (Å²) in [6.07, 6.45) is 1.06. The Kier molecular flexibility index (Phi) is 5.62. The van der Waals surface area contributed by atoms with E-state index in [-0.39, 0.29) is 12.5 Å². The molecule has 1 aliphatic rings. The summed E-state index contributed by atoms with van der Waals surface area (Å²) in [4.78, 5) is 37.8. The van der Waals surface area contributed by atoms with E-state index in [4.69, 9.17) is 4.74 Å². The van der Waals surface area contributed by atoms with Crippen LogP contribution in [-0.2, 0) is 4.79 Å². The van der Waals surface area contributed by atoms with Crippen LogP contribution >= 0.6 is 0 Å². The molecule has 1 saturated heterocycles. The molecule has 31 heavy (non-hydrogen) atoms. The van der Waals surface area contributed by atoms with Gasteiger partial charge in [-0.3, -0.25) is 19.7 Å². The Hall–Kier alpha value is -3.81. The first-order chi connectivity index (χ1) is 14.9. The summed E-state index contributed by atoms with van der Waals surface area (Å²) in [6, 6.07) is 15.8. The van der Waals surface area contributed by atoms with Gasteiger partial charge in [0.15, 0.2) is 0 Å². The van der Waals surface area contributed by atoms with Crippen molar-refractivity contribution in [3.63, 3.8) is 0 Å². The first-order valence-corrected chi connectivity index (χ1v) is 9.86. The van der Waals surface area contributed by atoms with Gasteiger partial charge in [0.05, 0.1) is 10.8 Å². The lowest BCUT2D eigenvalue weighted by Crippen LogP contribution is -2.43. The lowest BCUT2D eigenvalue weighted by molar-refractivity contribution is -0.385. The van der Waals surface area contributed by atoms with Gasteiger partial charge in [-0.15, -0.1) is 0 Å². The maximum absolute atomic E-state index is 13.5. The molecule has 1 unspecified atom stereocenters. The number of fused-ring (bicyclic) bond motifs is 1. The molecule has 4 rings (SSSR count). The van der Waals surface area contributed by atoms with Crippen LogP contribution in [0.15, 0.2) is 60.7 Å². The number of likely N-dealkylation sites (tertiary alicyclic amines) is 1. The van der Waals surface area contributed by atoms with E-state index in [1.165, 1.54) is 0 Å². The lowest BCUT2D eigenvalue weighted by atomic mass is 9.96. The Morgan fingerprint density at radius 3 is 2.68 bits per heavy atom. The van der Waals surface area contributed by atoms with E-state index in [0.29, 0.717) is 24.9 Å². The number of piperidine rings is 1. The fourth-order valence-electron chi connectivity index (χ4n) is 3.85. The SMILES string of the molecule is O=C(Oc1cc(F)ccc1[N+](=O)[O-])C1CCCN(C(=O)c2cccc3ccccc23)C1. The maximum atomic E-state index is 13.5. The summed E-state index contributed by atoms with van der Waals surface area (Å²) in [5.74, 6) is -2.75. The van der Waals surface area contributed by atoms with Crippen molar-refractivity contribution >= 4 is 28.3 Å². The Morgan fingerprint density at radius 1 is 1.10 bits per heavy atom. The van der Waals surface area contributed by atoms with E-state index in [1.54, 1.807) is 11.0 Å². The van der Waals surface area contributed by atoms with E-state index in [0.717, 1.165) is 29.0 Å². The average Bonchev–Trinajstić information content (AvgIpc) is 2.78. The number of carbonyl (C=O) groups excluding carboxylic acids is 2. The molecule has 3 aromatic carbocycles. The molecule has 1 aliphatic heterocycles. The van der Waals surface area contributed by atoms with E-state index in [9.17, 15) is 24.1 Å². The molecule has 1 atom stereocenters. The van der Waals surface area contributed by atoms with Crippen molar-refractivity contribution in [1.29, 1.82) is 0 Å². The van der Waals surface area contributed by atoms with Gasteiger partial charge in [0, 0.05) is 30.8 Å². The molecule has 0 N–H and O–H groups in total. The molecule has 0 bridgehead atoms. The first-order valence-electron chi connectivity index (χ1n) is 9.86. The van der Waals surface area contributed by atoms with Gasteiger partial charge in [0.25, 0.3) is 5.91 Å². The van der Waals surface area contributed by atoms with Crippen molar-refractivity contribution in [3.05, 3.63) is 82.2 Å². The Balaban J connectivity index is 1.52. The normalized spacial score (nSPS) is 16.2. The van der Waals surface area contributed by atoms with Crippen LogP contribution in [0.1, 0.15) is 23.2 Å². The smallest absolute Gasteiger partial charge is 0.316 e. The monoisotopic (exact) mass is 422 g/mol. The van der Waals surface area contributed by atoms with Crippen LogP contribution in [0.2, 0.25) is 0 Å². The van der Waals surface area contributed by atoms with Crippen LogP contribution < -0.4 is 4.74 Å². The zero-order valence-electron chi connectivity index (χ0n) is 16.5.